The Morgan fingerprint density at radius 1 is 1.57 bits per heavy atom. The summed E-state index contributed by atoms with van der Waals surface area (Å²) in [7, 11) is 0. The minimum Gasteiger partial charge on any atom is -0.338 e. The average Bonchev–Trinajstić information content (AvgIpc) is 2.16. The van der Waals surface area contributed by atoms with Gasteiger partial charge in [-0.25, -0.2) is 0 Å². The van der Waals surface area contributed by atoms with E-state index < -0.39 is 6.04 Å². The van der Waals surface area contributed by atoms with E-state index in [0.717, 1.165) is 0 Å². The van der Waals surface area contributed by atoms with Gasteiger partial charge in [-0.1, -0.05) is 6.92 Å². The van der Waals surface area contributed by atoms with Gasteiger partial charge in [-0.15, -0.1) is 0 Å². The molecule has 1 amide bonds. The lowest BCUT2D eigenvalue weighted by Crippen LogP contribution is -2.47. The summed E-state index contributed by atoms with van der Waals surface area (Å²) in [5, 5.41) is 8.46. The van der Waals surface area contributed by atoms with Gasteiger partial charge in [0.1, 0.15) is 0 Å². The molecule has 0 aliphatic rings. The number of carbonyl (C=O) groups is 1. The maximum absolute atomic E-state index is 11.7. The highest BCUT2D eigenvalue weighted by molar-refractivity contribution is 5.81. The van der Waals surface area contributed by atoms with Gasteiger partial charge in [-0.3, -0.25) is 4.79 Å². The molecule has 80 valence electrons. The number of nitriles is 1. The molecule has 2 N–H and O–H groups in total. The molecule has 1 atom stereocenters. The number of rotatable bonds is 5. The number of hydrogen-bond acceptors (Lipinski definition) is 3. The summed E-state index contributed by atoms with van der Waals surface area (Å²) < 4.78 is 0. The fourth-order valence-corrected chi connectivity index (χ4v) is 1.18. The molecular formula is C10H19N3O. The zero-order chi connectivity index (χ0) is 11.1. The van der Waals surface area contributed by atoms with E-state index in [1.54, 1.807) is 4.90 Å². The van der Waals surface area contributed by atoms with E-state index in [1.807, 2.05) is 26.8 Å². The summed E-state index contributed by atoms with van der Waals surface area (Å²) in [6.07, 6.45) is 0.995. The first-order valence-electron chi connectivity index (χ1n) is 4.97. The van der Waals surface area contributed by atoms with Crippen LogP contribution in [-0.4, -0.2) is 29.4 Å². The highest BCUT2D eigenvalue weighted by atomic mass is 16.2. The Hall–Kier alpha value is -1.08. The lowest BCUT2D eigenvalue weighted by atomic mass is 10.1. The van der Waals surface area contributed by atoms with Crippen molar-refractivity contribution in [3.63, 3.8) is 0 Å². The number of nitrogens with zero attached hydrogens (tertiary/aromatic N) is 2. The molecule has 4 nitrogen and oxygen atoms in total. The third-order valence-electron chi connectivity index (χ3n) is 2.13. The summed E-state index contributed by atoms with van der Waals surface area (Å²) in [4.78, 5) is 13.4. The lowest BCUT2D eigenvalue weighted by Gasteiger charge is -2.28. The van der Waals surface area contributed by atoms with Crippen molar-refractivity contribution in [3.05, 3.63) is 0 Å². The molecule has 0 aliphatic heterocycles. The van der Waals surface area contributed by atoms with Crippen LogP contribution in [0.3, 0.4) is 0 Å². The van der Waals surface area contributed by atoms with Crippen LogP contribution in [-0.2, 0) is 4.79 Å². The van der Waals surface area contributed by atoms with Crippen LogP contribution in [0.15, 0.2) is 0 Å². The van der Waals surface area contributed by atoms with Gasteiger partial charge >= 0.3 is 0 Å². The molecule has 0 bridgehead atoms. The van der Waals surface area contributed by atoms with Crippen molar-refractivity contribution in [1.82, 2.24) is 4.90 Å². The Morgan fingerprint density at radius 3 is 2.50 bits per heavy atom. The first kappa shape index (κ1) is 12.9. The molecule has 0 fully saturated rings. The fourth-order valence-electron chi connectivity index (χ4n) is 1.18. The van der Waals surface area contributed by atoms with Crippen molar-refractivity contribution in [3.8, 4) is 6.07 Å². The maximum Gasteiger partial charge on any atom is 0.239 e. The van der Waals surface area contributed by atoms with Crippen molar-refractivity contribution in [1.29, 1.82) is 5.26 Å². The molecule has 0 rings (SSSR count). The predicted molar refractivity (Wildman–Crippen MR) is 55.3 cm³/mol. The monoisotopic (exact) mass is 197 g/mol. The number of carbonyl (C=O) groups excluding carboxylic acids is 1. The summed E-state index contributed by atoms with van der Waals surface area (Å²) >= 11 is 0. The Kier molecular flexibility index (Phi) is 5.89. The third kappa shape index (κ3) is 3.75. The molecule has 0 unspecified atom stereocenters. The molecule has 0 aromatic carbocycles. The second-order valence-corrected chi connectivity index (χ2v) is 3.55. The van der Waals surface area contributed by atoms with Crippen molar-refractivity contribution in [2.75, 3.05) is 6.54 Å². The van der Waals surface area contributed by atoms with Crippen molar-refractivity contribution >= 4 is 5.91 Å². The Labute approximate surface area is 85.7 Å². The van der Waals surface area contributed by atoms with Crippen LogP contribution in [0, 0.1) is 11.3 Å². The number of amides is 1. The fraction of sp³-hybridized carbons (Fsp3) is 0.800. The van der Waals surface area contributed by atoms with Gasteiger partial charge in [0.25, 0.3) is 0 Å². The van der Waals surface area contributed by atoms with Crippen molar-refractivity contribution < 1.29 is 4.79 Å². The van der Waals surface area contributed by atoms with E-state index in [4.69, 9.17) is 11.0 Å². The Bertz CT molecular complexity index is 220. The van der Waals surface area contributed by atoms with E-state index in [2.05, 4.69) is 0 Å². The van der Waals surface area contributed by atoms with Gasteiger partial charge < -0.3 is 10.6 Å². The standard InChI is InChI=1S/C10H19N3O/c1-4-9(12)10(14)13(8(2)3)7-5-6-11/h8-9H,4-5,7,12H2,1-3H3/t9-/m0/s1. The van der Waals surface area contributed by atoms with Gasteiger partial charge in [-0.05, 0) is 20.3 Å². The van der Waals surface area contributed by atoms with Crippen LogP contribution in [0.1, 0.15) is 33.6 Å². The first-order valence-corrected chi connectivity index (χ1v) is 4.97. The van der Waals surface area contributed by atoms with Crippen LogP contribution in [0.4, 0.5) is 0 Å². The highest BCUT2D eigenvalue weighted by Gasteiger charge is 2.21. The molecule has 0 aromatic rings. The zero-order valence-electron chi connectivity index (χ0n) is 9.16. The van der Waals surface area contributed by atoms with Gasteiger partial charge in [0.2, 0.25) is 5.91 Å². The molecule has 0 aliphatic carbocycles. The van der Waals surface area contributed by atoms with Crippen LogP contribution in [0.5, 0.6) is 0 Å². The summed E-state index contributed by atoms with van der Waals surface area (Å²) in [6.45, 7) is 6.21. The van der Waals surface area contributed by atoms with E-state index >= 15 is 0 Å². The second-order valence-electron chi connectivity index (χ2n) is 3.55. The molecule has 0 spiro atoms. The van der Waals surface area contributed by atoms with E-state index in [-0.39, 0.29) is 11.9 Å². The third-order valence-corrected chi connectivity index (χ3v) is 2.13. The minimum absolute atomic E-state index is 0.0576. The Morgan fingerprint density at radius 2 is 2.14 bits per heavy atom. The number of nitrogens with two attached hydrogens (primary N) is 1. The van der Waals surface area contributed by atoms with E-state index in [9.17, 15) is 4.79 Å². The van der Waals surface area contributed by atoms with E-state index in [1.165, 1.54) is 0 Å². The van der Waals surface area contributed by atoms with E-state index in [0.29, 0.717) is 19.4 Å². The van der Waals surface area contributed by atoms with Crippen LogP contribution >= 0.6 is 0 Å². The molecule has 0 heterocycles. The van der Waals surface area contributed by atoms with Gasteiger partial charge in [0, 0.05) is 12.6 Å². The molecule has 0 radical (unpaired) electrons. The van der Waals surface area contributed by atoms with Crippen molar-refractivity contribution in [2.45, 2.75) is 45.7 Å². The van der Waals surface area contributed by atoms with Crippen LogP contribution in [0.2, 0.25) is 0 Å². The lowest BCUT2D eigenvalue weighted by molar-refractivity contribution is -0.134. The molecule has 0 saturated carbocycles. The molecule has 0 aromatic heterocycles. The topological polar surface area (TPSA) is 70.1 Å². The Balaban J connectivity index is 4.34. The smallest absolute Gasteiger partial charge is 0.239 e. The molecule has 4 heteroatoms. The summed E-state index contributed by atoms with van der Waals surface area (Å²) in [6, 6.07) is 1.70. The largest absolute Gasteiger partial charge is 0.338 e. The molecule has 14 heavy (non-hydrogen) atoms. The normalized spacial score (nSPS) is 12.3. The highest BCUT2D eigenvalue weighted by Crippen LogP contribution is 2.04. The van der Waals surface area contributed by atoms with Gasteiger partial charge in [0.05, 0.1) is 18.5 Å². The minimum atomic E-state index is -0.434. The maximum atomic E-state index is 11.7. The first-order chi connectivity index (χ1) is 6.54. The summed E-state index contributed by atoms with van der Waals surface area (Å²) in [5.41, 5.74) is 5.65. The quantitative estimate of drug-likeness (QED) is 0.711. The average molecular weight is 197 g/mol. The predicted octanol–water partition coefficient (Wildman–Crippen LogP) is 0.874. The second kappa shape index (κ2) is 6.39. The van der Waals surface area contributed by atoms with Gasteiger partial charge in [-0.2, -0.15) is 5.26 Å². The number of hydrogen-bond donors (Lipinski definition) is 1. The van der Waals surface area contributed by atoms with Crippen molar-refractivity contribution in [2.24, 2.45) is 5.73 Å². The molecule has 0 saturated heterocycles. The molecular weight excluding hydrogens is 178 g/mol. The zero-order valence-corrected chi connectivity index (χ0v) is 9.16. The van der Waals surface area contributed by atoms with Crippen LogP contribution in [0.25, 0.3) is 0 Å². The SMILES string of the molecule is CC[C@H](N)C(=O)N(CCC#N)C(C)C. The van der Waals surface area contributed by atoms with Gasteiger partial charge in [0.15, 0.2) is 0 Å². The van der Waals surface area contributed by atoms with Crippen LogP contribution < -0.4 is 5.73 Å². The summed E-state index contributed by atoms with van der Waals surface area (Å²) in [5.74, 6) is -0.0576.